The van der Waals surface area contributed by atoms with Crippen LogP contribution in [0.2, 0.25) is 0 Å². The van der Waals surface area contributed by atoms with Gasteiger partial charge in [0.05, 0.1) is 12.6 Å². The van der Waals surface area contributed by atoms with Gasteiger partial charge in [-0.1, -0.05) is 0 Å². The SMILES string of the molecule is COc1ccc(Br)c2[nH]cc(CCN(C)C)c12. The number of nitrogens with one attached hydrogen (secondary N) is 1. The molecule has 2 rings (SSSR count). The van der Waals surface area contributed by atoms with Crippen LogP contribution in [-0.4, -0.2) is 37.6 Å². The van der Waals surface area contributed by atoms with Crippen molar-refractivity contribution in [3.05, 3.63) is 28.4 Å². The fourth-order valence-electron chi connectivity index (χ4n) is 1.96. The third kappa shape index (κ3) is 2.48. The summed E-state index contributed by atoms with van der Waals surface area (Å²) in [6.07, 6.45) is 3.08. The first-order valence-corrected chi connectivity index (χ1v) is 6.40. The highest BCUT2D eigenvalue weighted by Crippen LogP contribution is 2.33. The van der Waals surface area contributed by atoms with Crippen LogP contribution in [0.4, 0.5) is 0 Å². The van der Waals surface area contributed by atoms with Crippen LogP contribution in [0.25, 0.3) is 10.9 Å². The Balaban J connectivity index is 2.46. The summed E-state index contributed by atoms with van der Waals surface area (Å²) in [6, 6.07) is 4.01. The zero-order valence-corrected chi connectivity index (χ0v) is 12.0. The Morgan fingerprint density at radius 2 is 2.12 bits per heavy atom. The van der Waals surface area contributed by atoms with Gasteiger partial charge < -0.3 is 14.6 Å². The number of ether oxygens (including phenoxy) is 1. The van der Waals surface area contributed by atoms with Crippen LogP contribution in [0.5, 0.6) is 5.75 Å². The van der Waals surface area contributed by atoms with Crippen molar-refractivity contribution < 1.29 is 4.74 Å². The molecule has 0 aliphatic rings. The van der Waals surface area contributed by atoms with E-state index in [2.05, 4.69) is 46.1 Å². The van der Waals surface area contributed by atoms with Crippen LogP contribution in [0.1, 0.15) is 5.56 Å². The summed E-state index contributed by atoms with van der Waals surface area (Å²) in [6.45, 7) is 1.03. The van der Waals surface area contributed by atoms with Gasteiger partial charge in [-0.2, -0.15) is 0 Å². The predicted molar refractivity (Wildman–Crippen MR) is 74.8 cm³/mol. The number of methoxy groups -OCH3 is 1. The lowest BCUT2D eigenvalue weighted by Gasteiger charge is -2.09. The van der Waals surface area contributed by atoms with Gasteiger partial charge in [-0.15, -0.1) is 0 Å². The maximum absolute atomic E-state index is 5.43. The molecular weight excluding hydrogens is 280 g/mol. The van der Waals surface area contributed by atoms with E-state index in [1.165, 1.54) is 10.9 Å². The van der Waals surface area contributed by atoms with Gasteiger partial charge >= 0.3 is 0 Å². The van der Waals surface area contributed by atoms with E-state index in [0.717, 1.165) is 28.7 Å². The minimum atomic E-state index is 0.929. The Morgan fingerprint density at radius 3 is 2.76 bits per heavy atom. The molecule has 0 aliphatic carbocycles. The summed E-state index contributed by atoms with van der Waals surface area (Å²) < 4.78 is 6.51. The van der Waals surface area contributed by atoms with Crippen LogP contribution >= 0.6 is 15.9 Å². The first-order chi connectivity index (χ1) is 8.13. The fourth-order valence-corrected chi connectivity index (χ4v) is 2.41. The number of aromatic nitrogens is 1. The number of H-pyrrole nitrogens is 1. The topological polar surface area (TPSA) is 28.3 Å². The second kappa shape index (κ2) is 5.10. The van der Waals surface area contributed by atoms with Crippen molar-refractivity contribution >= 4 is 26.8 Å². The van der Waals surface area contributed by atoms with E-state index in [1.807, 2.05) is 12.1 Å². The second-order valence-corrected chi connectivity index (χ2v) is 5.22. The monoisotopic (exact) mass is 296 g/mol. The average molecular weight is 297 g/mol. The quantitative estimate of drug-likeness (QED) is 0.939. The molecular formula is C13H17BrN2O. The summed E-state index contributed by atoms with van der Waals surface area (Å²) in [4.78, 5) is 5.49. The van der Waals surface area contributed by atoms with Crippen molar-refractivity contribution in [3.63, 3.8) is 0 Å². The lowest BCUT2D eigenvalue weighted by Crippen LogP contribution is -2.14. The van der Waals surface area contributed by atoms with Crippen molar-refractivity contribution in [1.82, 2.24) is 9.88 Å². The Bertz CT molecular complexity index is 519. The van der Waals surface area contributed by atoms with Crippen LogP contribution in [0, 0.1) is 0 Å². The minimum Gasteiger partial charge on any atom is -0.496 e. The molecule has 0 aliphatic heterocycles. The number of aromatic amines is 1. The second-order valence-electron chi connectivity index (χ2n) is 4.37. The number of likely N-dealkylation sites (N-methyl/N-ethyl adjacent to an activating group) is 1. The van der Waals surface area contributed by atoms with Gasteiger partial charge in [-0.3, -0.25) is 0 Å². The number of nitrogens with zero attached hydrogens (tertiary/aromatic N) is 1. The first kappa shape index (κ1) is 12.5. The lowest BCUT2D eigenvalue weighted by atomic mass is 10.1. The maximum atomic E-state index is 5.43. The number of halogens is 1. The van der Waals surface area contributed by atoms with Crippen molar-refractivity contribution in [3.8, 4) is 5.75 Å². The van der Waals surface area contributed by atoms with E-state index in [9.17, 15) is 0 Å². The lowest BCUT2D eigenvalue weighted by molar-refractivity contribution is 0.411. The summed E-state index contributed by atoms with van der Waals surface area (Å²) >= 11 is 3.56. The van der Waals surface area contributed by atoms with E-state index in [4.69, 9.17) is 4.74 Å². The number of hydrogen-bond donors (Lipinski definition) is 1. The largest absolute Gasteiger partial charge is 0.496 e. The molecule has 0 bridgehead atoms. The molecule has 1 aromatic carbocycles. The number of benzene rings is 1. The molecule has 4 heteroatoms. The van der Waals surface area contributed by atoms with Crippen LogP contribution < -0.4 is 4.74 Å². The molecule has 92 valence electrons. The molecule has 0 radical (unpaired) electrons. The molecule has 1 heterocycles. The molecule has 17 heavy (non-hydrogen) atoms. The van der Waals surface area contributed by atoms with Gasteiger partial charge in [0, 0.05) is 22.6 Å². The zero-order chi connectivity index (χ0) is 12.4. The molecule has 0 atom stereocenters. The van der Waals surface area contributed by atoms with Gasteiger partial charge in [0.25, 0.3) is 0 Å². The van der Waals surface area contributed by atoms with Crippen LogP contribution in [0.15, 0.2) is 22.8 Å². The number of hydrogen-bond acceptors (Lipinski definition) is 2. The van der Waals surface area contributed by atoms with E-state index < -0.39 is 0 Å². The normalized spacial score (nSPS) is 11.4. The molecule has 1 aromatic heterocycles. The smallest absolute Gasteiger partial charge is 0.128 e. The molecule has 0 spiro atoms. The highest BCUT2D eigenvalue weighted by molar-refractivity contribution is 9.10. The van der Waals surface area contributed by atoms with E-state index in [0.29, 0.717) is 0 Å². The minimum absolute atomic E-state index is 0.929. The van der Waals surface area contributed by atoms with E-state index in [1.54, 1.807) is 7.11 Å². The molecule has 0 amide bonds. The summed E-state index contributed by atoms with van der Waals surface area (Å²) in [5.74, 6) is 0.929. The first-order valence-electron chi connectivity index (χ1n) is 5.60. The molecule has 1 N–H and O–H groups in total. The van der Waals surface area contributed by atoms with Crippen molar-refractivity contribution in [2.45, 2.75) is 6.42 Å². The Hall–Kier alpha value is -1.00. The fraction of sp³-hybridized carbons (Fsp3) is 0.385. The van der Waals surface area contributed by atoms with Gasteiger partial charge in [0.2, 0.25) is 0 Å². The molecule has 3 nitrogen and oxygen atoms in total. The number of fused-ring (bicyclic) bond motifs is 1. The molecule has 0 saturated carbocycles. The Labute approximate surface area is 110 Å². The third-order valence-corrected chi connectivity index (χ3v) is 3.54. The van der Waals surface area contributed by atoms with Crippen molar-refractivity contribution in [2.24, 2.45) is 0 Å². The van der Waals surface area contributed by atoms with E-state index in [-0.39, 0.29) is 0 Å². The zero-order valence-electron chi connectivity index (χ0n) is 10.4. The van der Waals surface area contributed by atoms with Gasteiger partial charge in [-0.25, -0.2) is 0 Å². The molecule has 2 aromatic rings. The Morgan fingerprint density at radius 1 is 1.35 bits per heavy atom. The van der Waals surface area contributed by atoms with Gasteiger partial charge in [-0.05, 0) is 54.1 Å². The third-order valence-electron chi connectivity index (χ3n) is 2.88. The average Bonchev–Trinajstić information content (AvgIpc) is 2.72. The summed E-state index contributed by atoms with van der Waals surface area (Å²) in [5, 5.41) is 1.18. The van der Waals surface area contributed by atoms with Gasteiger partial charge in [0.1, 0.15) is 5.75 Å². The Kier molecular flexibility index (Phi) is 3.74. The summed E-state index contributed by atoms with van der Waals surface area (Å²) in [7, 11) is 5.88. The molecule has 0 saturated heterocycles. The predicted octanol–water partition coefficient (Wildman–Crippen LogP) is 3.04. The van der Waals surface area contributed by atoms with Gasteiger partial charge in [0.15, 0.2) is 0 Å². The molecule has 0 fully saturated rings. The molecule has 0 unspecified atom stereocenters. The van der Waals surface area contributed by atoms with Crippen LogP contribution in [-0.2, 0) is 6.42 Å². The van der Waals surface area contributed by atoms with Crippen LogP contribution in [0.3, 0.4) is 0 Å². The number of rotatable bonds is 4. The standard InChI is InChI=1S/C13H17BrN2O/c1-16(2)7-6-9-8-15-13-10(14)4-5-11(17-3)12(9)13/h4-5,8,15H,6-7H2,1-3H3. The highest BCUT2D eigenvalue weighted by atomic mass is 79.9. The maximum Gasteiger partial charge on any atom is 0.128 e. The highest BCUT2D eigenvalue weighted by Gasteiger charge is 2.11. The van der Waals surface area contributed by atoms with E-state index >= 15 is 0 Å². The summed E-state index contributed by atoms with van der Waals surface area (Å²) in [5.41, 5.74) is 2.41. The van der Waals surface area contributed by atoms with Crippen molar-refractivity contribution in [2.75, 3.05) is 27.7 Å². The van der Waals surface area contributed by atoms with Crippen molar-refractivity contribution in [1.29, 1.82) is 0 Å².